The minimum absolute atomic E-state index is 0.296. The van der Waals surface area contributed by atoms with Crippen molar-refractivity contribution in [1.29, 1.82) is 0 Å². The minimum Gasteiger partial charge on any atom is -0.489 e. The van der Waals surface area contributed by atoms with Crippen LogP contribution in [-0.2, 0) is 6.61 Å². The minimum atomic E-state index is -0.678. The molecule has 1 aliphatic rings. The standard InChI is InChI=1S/C19H21BrClNO3/c20-14-3-6-19(25-12-13-1-4-15(21)5-2-13)17(9-14)18(24)11-22-8-7-16(23)10-22/h1-6,9,16,18,23-24H,7-8,10-12H2/t16-,18?/m1/s1. The number of hydrogen-bond acceptors (Lipinski definition) is 4. The van der Waals surface area contributed by atoms with Crippen LogP contribution in [0.1, 0.15) is 23.7 Å². The number of nitrogens with zero attached hydrogens (tertiary/aromatic N) is 1. The Labute approximate surface area is 161 Å². The summed E-state index contributed by atoms with van der Waals surface area (Å²) in [5, 5.41) is 21.0. The van der Waals surface area contributed by atoms with E-state index in [0.29, 0.717) is 30.5 Å². The first-order valence-electron chi connectivity index (χ1n) is 8.26. The predicted octanol–water partition coefficient (Wildman–Crippen LogP) is 3.78. The first-order valence-corrected chi connectivity index (χ1v) is 9.43. The summed E-state index contributed by atoms with van der Waals surface area (Å²) in [6.45, 7) is 2.28. The monoisotopic (exact) mass is 425 g/mol. The van der Waals surface area contributed by atoms with Crippen LogP contribution in [-0.4, -0.2) is 40.9 Å². The van der Waals surface area contributed by atoms with Crippen LogP contribution in [0.5, 0.6) is 5.75 Å². The Morgan fingerprint density at radius 3 is 2.68 bits per heavy atom. The average Bonchev–Trinajstić information content (AvgIpc) is 3.00. The highest BCUT2D eigenvalue weighted by atomic mass is 79.9. The summed E-state index contributed by atoms with van der Waals surface area (Å²) in [7, 11) is 0. The molecule has 2 aromatic carbocycles. The number of rotatable bonds is 6. The van der Waals surface area contributed by atoms with Crippen LogP contribution in [0.4, 0.5) is 0 Å². The largest absolute Gasteiger partial charge is 0.489 e. The number of β-amino-alcohol motifs (C(OH)–C–C–N with tert-alkyl or cyclic N) is 2. The number of benzene rings is 2. The quantitative estimate of drug-likeness (QED) is 0.738. The van der Waals surface area contributed by atoms with Gasteiger partial charge in [-0.1, -0.05) is 39.7 Å². The summed E-state index contributed by atoms with van der Waals surface area (Å²) < 4.78 is 6.82. The summed E-state index contributed by atoms with van der Waals surface area (Å²) in [5.41, 5.74) is 1.75. The lowest BCUT2D eigenvalue weighted by Gasteiger charge is -2.22. The third-order valence-electron chi connectivity index (χ3n) is 4.32. The molecular weight excluding hydrogens is 406 g/mol. The fraction of sp³-hybridized carbons (Fsp3) is 0.368. The Morgan fingerprint density at radius 2 is 2.00 bits per heavy atom. The van der Waals surface area contributed by atoms with E-state index >= 15 is 0 Å². The Morgan fingerprint density at radius 1 is 1.24 bits per heavy atom. The zero-order valence-electron chi connectivity index (χ0n) is 13.7. The van der Waals surface area contributed by atoms with Gasteiger partial charge in [0.1, 0.15) is 12.4 Å². The van der Waals surface area contributed by atoms with E-state index in [-0.39, 0.29) is 6.10 Å². The average molecular weight is 427 g/mol. The van der Waals surface area contributed by atoms with Crippen molar-refractivity contribution in [1.82, 2.24) is 4.90 Å². The van der Waals surface area contributed by atoms with Crippen molar-refractivity contribution in [3.8, 4) is 5.75 Å². The van der Waals surface area contributed by atoms with Crippen LogP contribution in [0, 0.1) is 0 Å². The Bertz CT molecular complexity index is 710. The number of ether oxygens (including phenoxy) is 1. The van der Waals surface area contributed by atoms with Gasteiger partial charge in [0.05, 0.1) is 12.2 Å². The number of hydrogen-bond donors (Lipinski definition) is 2. The van der Waals surface area contributed by atoms with Crippen LogP contribution >= 0.6 is 27.5 Å². The van der Waals surface area contributed by atoms with Gasteiger partial charge in [0.25, 0.3) is 0 Å². The molecule has 1 aliphatic heterocycles. The number of halogens is 2. The Kier molecular flexibility index (Phi) is 6.36. The van der Waals surface area contributed by atoms with Crippen LogP contribution in [0.3, 0.4) is 0 Å². The van der Waals surface area contributed by atoms with Gasteiger partial charge in [-0.2, -0.15) is 0 Å². The van der Waals surface area contributed by atoms with E-state index in [1.165, 1.54) is 0 Å². The van der Waals surface area contributed by atoms with Gasteiger partial charge in [0, 0.05) is 34.7 Å². The van der Waals surface area contributed by atoms with E-state index in [1.807, 2.05) is 42.5 Å². The van der Waals surface area contributed by atoms with Crippen molar-refractivity contribution in [2.24, 2.45) is 0 Å². The third kappa shape index (κ3) is 5.19. The van der Waals surface area contributed by atoms with Crippen molar-refractivity contribution in [2.45, 2.75) is 25.2 Å². The molecule has 2 N–H and O–H groups in total. The van der Waals surface area contributed by atoms with Gasteiger partial charge in [-0.25, -0.2) is 0 Å². The summed E-state index contributed by atoms with van der Waals surface area (Å²) in [5.74, 6) is 0.658. The maximum Gasteiger partial charge on any atom is 0.125 e. The van der Waals surface area contributed by atoms with E-state index in [4.69, 9.17) is 16.3 Å². The van der Waals surface area contributed by atoms with E-state index in [9.17, 15) is 10.2 Å². The van der Waals surface area contributed by atoms with Crippen molar-refractivity contribution < 1.29 is 14.9 Å². The highest BCUT2D eigenvalue weighted by molar-refractivity contribution is 9.10. The molecule has 0 aromatic heterocycles. The molecule has 2 atom stereocenters. The molecule has 0 aliphatic carbocycles. The van der Waals surface area contributed by atoms with Crippen LogP contribution in [0.25, 0.3) is 0 Å². The summed E-state index contributed by atoms with van der Waals surface area (Å²) in [6, 6.07) is 13.1. The zero-order chi connectivity index (χ0) is 17.8. The smallest absolute Gasteiger partial charge is 0.125 e. The lowest BCUT2D eigenvalue weighted by Crippen LogP contribution is -2.27. The Hall–Kier alpha value is -1.11. The molecule has 134 valence electrons. The third-order valence-corrected chi connectivity index (χ3v) is 5.06. The van der Waals surface area contributed by atoms with Gasteiger partial charge >= 0.3 is 0 Å². The lowest BCUT2D eigenvalue weighted by atomic mass is 10.1. The second-order valence-corrected chi connectivity index (χ2v) is 7.67. The van der Waals surface area contributed by atoms with Crippen molar-refractivity contribution in [2.75, 3.05) is 19.6 Å². The van der Waals surface area contributed by atoms with E-state index in [1.54, 1.807) is 0 Å². The highest BCUT2D eigenvalue weighted by Crippen LogP contribution is 2.30. The molecule has 1 heterocycles. The fourth-order valence-corrected chi connectivity index (χ4v) is 3.48. The maximum absolute atomic E-state index is 10.7. The lowest BCUT2D eigenvalue weighted by molar-refractivity contribution is 0.110. The van der Waals surface area contributed by atoms with E-state index < -0.39 is 6.10 Å². The normalized spacial score (nSPS) is 19.1. The summed E-state index contributed by atoms with van der Waals surface area (Å²) in [4.78, 5) is 2.07. The molecular formula is C19H21BrClNO3. The van der Waals surface area contributed by atoms with Gasteiger partial charge in [-0.15, -0.1) is 0 Å². The molecule has 1 fully saturated rings. The highest BCUT2D eigenvalue weighted by Gasteiger charge is 2.24. The van der Waals surface area contributed by atoms with Gasteiger partial charge < -0.3 is 14.9 Å². The van der Waals surface area contributed by atoms with E-state index in [0.717, 1.165) is 28.6 Å². The Balaban J connectivity index is 1.69. The second-order valence-electron chi connectivity index (χ2n) is 6.32. The molecule has 0 bridgehead atoms. The topological polar surface area (TPSA) is 52.9 Å². The van der Waals surface area contributed by atoms with Crippen molar-refractivity contribution >= 4 is 27.5 Å². The molecule has 2 aromatic rings. The molecule has 3 rings (SSSR count). The summed E-state index contributed by atoms with van der Waals surface area (Å²) in [6.07, 6.45) is -0.219. The van der Waals surface area contributed by atoms with Crippen molar-refractivity contribution in [3.63, 3.8) is 0 Å². The second kappa shape index (κ2) is 8.52. The first-order chi connectivity index (χ1) is 12.0. The van der Waals surface area contributed by atoms with Gasteiger partial charge in [-0.05, 0) is 42.3 Å². The van der Waals surface area contributed by atoms with Crippen LogP contribution in [0.15, 0.2) is 46.9 Å². The fourth-order valence-electron chi connectivity index (χ4n) is 2.97. The molecule has 4 nitrogen and oxygen atoms in total. The van der Waals surface area contributed by atoms with Crippen LogP contribution in [0.2, 0.25) is 5.02 Å². The van der Waals surface area contributed by atoms with Gasteiger partial charge in [0.15, 0.2) is 0 Å². The number of aliphatic hydroxyl groups is 2. The molecule has 0 spiro atoms. The maximum atomic E-state index is 10.7. The molecule has 0 amide bonds. The van der Waals surface area contributed by atoms with Crippen molar-refractivity contribution in [3.05, 3.63) is 63.1 Å². The molecule has 6 heteroatoms. The molecule has 0 radical (unpaired) electrons. The molecule has 1 unspecified atom stereocenters. The molecule has 0 saturated carbocycles. The van der Waals surface area contributed by atoms with Gasteiger partial charge in [-0.3, -0.25) is 4.90 Å². The van der Waals surface area contributed by atoms with Gasteiger partial charge in [0.2, 0.25) is 0 Å². The number of likely N-dealkylation sites (tertiary alicyclic amines) is 1. The molecule has 25 heavy (non-hydrogen) atoms. The SMILES string of the molecule is OC(CN1CC[C@@H](O)C1)c1cc(Br)ccc1OCc1ccc(Cl)cc1. The van der Waals surface area contributed by atoms with E-state index in [2.05, 4.69) is 20.8 Å². The molecule has 1 saturated heterocycles. The predicted molar refractivity (Wildman–Crippen MR) is 102 cm³/mol. The zero-order valence-corrected chi connectivity index (χ0v) is 16.1. The summed E-state index contributed by atoms with van der Waals surface area (Å²) >= 11 is 9.36. The van der Waals surface area contributed by atoms with Crippen LogP contribution < -0.4 is 4.74 Å². The first kappa shape index (κ1) is 18.7. The number of aliphatic hydroxyl groups excluding tert-OH is 2.